The molecule has 0 heterocycles. The normalized spacial score (nSPS) is 15.8. The summed E-state index contributed by atoms with van der Waals surface area (Å²) in [5.41, 5.74) is 0.187. The number of aliphatic hydroxyl groups is 1. The summed E-state index contributed by atoms with van der Waals surface area (Å²) < 4.78 is 245. The number of alkyl halides is 17. The molecular weight excluding hydrogens is 853 g/mol. The van der Waals surface area contributed by atoms with Gasteiger partial charge in [-0.3, -0.25) is 10.0 Å². The van der Waals surface area contributed by atoms with Crippen molar-refractivity contribution in [1.82, 2.24) is 5.48 Å². The van der Waals surface area contributed by atoms with Gasteiger partial charge in [0.15, 0.2) is 8.32 Å². The second-order valence-electron chi connectivity index (χ2n) is 13.9. The van der Waals surface area contributed by atoms with E-state index in [-0.39, 0.29) is 18.3 Å². The summed E-state index contributed by atoms with van der Waals surface area (Å²) >= 11 is 0. The van der Waals surface area contributed by atoms with Crippen molar-refractivity contribution in [3.63, 3.8) is 0 Å². The Morgan fingerprint density at radius 1 is 0.707 bits per heavy atom. The molecule has 1 aromatic rings. The van der Waals surface area contributed by atoms with E-state index in [1.165, 1.54) is 63.5 Å². The minimum absolute atomic E-state index is 0.180. The molecule has 24 heteroatoms. The molecule has 0 radical (unpaired) electrons. The lowest BCUT2D eigenvalue weighted by molar-refractivity contribution is -0.461. The number of hydroxylamine groups is 1. The number of nitrogens with one attached hydrogen (secondary N) is 1. The number of hydrogen-bond donors (Lipinski definition) is 3. The predicted octanol–water partition coefficient (Wildman–Crippen LogP) is 11.3. The number of amides is 1. The van der Waals surface area contributed by atoms with E-state index in [2.05, 4.69) is 0 Å². The van der Waals surface area contributed by atoms with E-state index in [1.807, 2.05) is 0 Å². The van der Waals surface area contributed by atoms with E-state index in [9.17, 15) is 84.5 Å². The molecule has 0 aliphatic rings. The molecule has 2 atom stereocenters. The summed E-state index contributed by atoms with van der Waals surface area (Å²) in [5.74, 6) is -57.5. The second-order valence-corrected chi connectivity index (χ2v) is 18.9. The number of halogens is 17. The van der Waals surface area contributed by atoms with Gasteiger partial charge in [-0.15, -0.1) is 0 Å². The maximum absolute atomic E-state index is 14.9. The number of ether oxygens (including phenoxy) is 1. The first-order chi connectivity index (χ1) is 26.1. The van der Waals surface area contributed by atoms with Gasteiger partial charge in [-0.05, 0) is 53.6 Å². The fraction of sp³-hybridized carbons (Fsp3) is 0.676. The molecule has 0 unspecified atom stereocenters. The highest BCUT2D eigenvalue weighted by Crippen LogP contribution is 2.64. The summed E-state index contributed by atoms with van der Waals surface area (Å²) in [6.07, 6.45) is -4.51. The predicted molar refractivity (Wildman–Crippen MR) is 176 cm³/mol. The number of aliphatic hydroxyl groups excluding tert-OH is 1. The van der Waals surface area contributed by atoms with Crippen molar-refractivity contribution in [1.29, 1.82) is 0 Å². The third-order valence-corrected chi connectivity index (χ3v) is 15.1. The van der Waals surface area contributed by atoms with Gasteiger partial charge >= 0.3 is 47.6 Å². The molecule has 336 valence electrons. The lowest BCUT2D eigenvalue weighted by atomic mass is 9.88. The van der Waals surface area contributed by atoms with Crippen LogP contribution in [-0.2, 0) is 9.22 Å². The van der Waals surface area contributed by atoms with Gasteiger partial charge in [0.1, 0.15) is 12.4 Å². The standard InChI is InChI=1S/C34H42F17NO5Si/c1-20(2)58(21(3)4,57-18-17-56-24-14-12-23(13-15-24)26(54)22(5)10-8-6-7-9-11-25(53)52-55)19-16-27(35,36)28(37,38)29(39,40)30(41,42)31(43,44)32(45,46)33(47,48)34(49,50)51/h6-7,9,11-15,20-22,26,54-55H,8,10,16-19H2,1-5H3,(H,52,53)/b7-6+,11-9+/t22-,26+/m0/s1. The quantitative estimate of drug-likeness (QED) is 0.0194. The van der Waals surface area contributed by atoms with Gasteiger partial charge in [0.2, 0.25) is 0 Å². The van der Waals surface area contributed by atoms with E-state index in [0.717, 1.165) is 6.08 Å². The number of rotatable bonds is 23. The average molecular weight is 896 g/mol. The van der Waals surface area contributed by atoms with Gasteiger partial charge in [0.05, 0.1) is 12.7 Å². The van der Waals surface area contributed by atoms with Crippen LogP contribution in [0.2, 0.25) is 17.1 Å². The molecule has 58 heavy (non-hydrogen) atoms. The van der Waals surface area contributed by atoms with Crippen LogP contribution in [0.3, 0.4) is 0 Å². The zero-order valence-electron chi connectivity index (χ0n) is 31.2. The van der Waals surface area contributed by atoms with Crippen LogP contribution in [0.25, 0.3) is 0 Å². The Morgan fingerprint density at radius 3 is 1.62 bits per heavy atom. The third-order valence-electron chi connectivity index (χ3n) is 9.45. The van der Waals surface area contributed by atoms with Gasteiger partial charge in [-0.2, -0.15) is 74.6 Å². The van der Waals surface area contributed by atoms with Crippen LogP contribution in [0.4, 0.5) is 74.6 Å². The molecule has 0 aromatic heterocycles. The first kappa shape index (κ1) is 52.9. The molecular formula is C34H42F17NO5Si. The van der Waals surface area contributed by atoms with Gasteiger partial charge in [-0.25, -0.2) is 5.48 Å². The number of carbonyl (C=O) groups excluding carboxylic acids is 1. The zero-order valence-corrected chi connectivity index (χ0v) is 32.2. The van der Waals surface area contributed by atoms with E-state index < -0.39 is 98.1 Å². The molecule has 0 saturated carbocycles. The topological polar surface area (TPSA) is 88.0 Å². The van der Waals surface area contributed by atoms with Crippen LogP contribution in [0, 0.1) is 5.92 Å². The summed E-state index contributed by atoms with van der Waals surface area (Å²) in [7, 11) is -3.94. The SMILES string of the molecule is CC(C)[Si](CCC(F)(F)C(F)(F)C(F)(F)C(F)(F)C(F)(F)C(F)(F)C(F)(F)C(F)(F)F)(OCCOc1ccc([C@H](O)[C@@H](C)CC/C=C/C=C/C(=O)NO)cc1)C(C)C. The molecule has 0 aliphatic heterocycles. The van der Waals surface area contributed by atoms with Crippen LogP contribution in [0.1, 0.15) is 65.5 Å². The van der Waals surface area contributed by atoms with Crippen molar-refractivity contribution < 1.29 is 98.9 Å². The summed E-state index contributed by atoms with van der Waals surface area (Å²) in [6.45, 7) is 6.22. The largest absolute Gasteiger partial charge is 0.491 e. The average Bonchev–Trinajstić information content (AvgIpc) is 3.11. The Morgan fingerprint density at radius 2 is 1.17 bits per heavy atom. The summed E-state index contributed by atoms with van der Waals surface area (Å²) in [5, 5.41) is 19.1. The summed E-state index contributed by atoms with van der Waals surface area (Å²) in [4.78, 5) is 10.9. The molecule has 0 spiro atoms. The molecule has 6 nitrogen and oxygen atoms in total. The molecule has 0 saturated heterocycles. The highest BCUT2D eigenvalue weighted by Gasteiger charge is 2.95. The Bertz CT molecular complexity index is 1530. The maximum Gasteiger partial charge on any atom is 0.460 e. The van der Waals surface area contributed by atoms with E-state index >= 15 is 0 Å². The maximum atomic E-state index is 14.9. The van der Waals surface area contributed by atoms with Crippen molar-refractivity contribution in [3.8, 4) is 5.75 Å². The first-order valence-corrected chi connectivity index (χ1v) is 19.4. The Balaban J connectivity index is 3.12. The Labute approximate surface area is 322 Å². The van der Waals surface area contributed by atoms with Gasteiger partial charge in [0, 0.05) is 12.5 Å². The number of carbonyl (C=O) groups is 1. The zero-order chi connectivity index (χ0) is 45.6. The van der Waals surface area contributed by atoms with E-state index in [1.54, 1.807) is 19.1 Å². The van der Waals surface area contributed by atoms with E-state index in [4.69, 9.17) is 14.4 Å². The van der Waals surface area contributed by atoms with Crippen molar-refractivity contribution in [3.05, 3.63) is 54.1 Å². The molecule has 1 rings (SSSR count). The van der Waals surface area contributed by atoms with Gasteiger partial charge in [0.25, 0.3) is 5.91 Å². The van der Waals surface area contributed by atoms with Gasteiger partial charge in [-0.1, -0.05) is 65.0 Å². The molecule has 1 aromatic carbocycles. The molecule has 3 N–H and O–H groups in total. The lowest BCUT2D eigenvalue weighted by Gasteiger charge is -2.44. The van der Waals surface area contributed by atoms with Crippen molar-refractivity contribution in [2.75, 3.05) is 13.2 Å². The van der Waals surface area contributed by atoms with Crippen LogP contribution in [0.15, 0.2) is 48.6 Å². The van der Waals surface area contributed by atoms with Crippen LogP contribution in [-0.4, -0.2) is 85.4 Å². The lowest BCUT2D eigenvalue weighted by Crippen LogP contribution is -2.74. The number of hydrogen-bond acceptors (Lipinski definition) is 5. The van der Waals surface area contributed by atoms with Crippen LogP contribution < -0.4 is 10.2 Å². The highest BCUT2D eigenvalue weighted by molar-refractivity contribution is 6.76. The minimum Gasteiger partial charge on any atom is -0.491 e. The fourth-order valence-corrected chi connectivity index (χ4v) is 10.2. The smallest absolute Gasteiger partial charge is 0.460 e. The molecule has 0 fully saturated rings. The molecule has 0 bridgehead atoms. The fourth-order valence-electron chi connectivity index (χ4n) is 5.71. The third kappa shape index (κ3) is 10.6. The van der Waals surface area contributed by atoms with E-state index in [0.29, 0.717) is 18.4 Å². The molecule has 0 aliphatic carbocycles. The molecule has 1 amide bonds. The number of benzene rings is 1. The number of allylic oxidation sites excluding steroid dienone is 3. The monoisotopic (exact) mass is 895 g/mol. The second kappa shape index (κ2) is 19.1. The van der Waals surface area contributed by atoms with Crippen molar-refractivity contribution in [2.24, 2.45) is 5.92 Å². The first-order valence-electron chi connectivity index (χ1n) is 17.1. The summed E-state index contributed by atoms with van der Waals surface area (Å²) in [6, 6.07) is 4.57. The van der Waals surface area contributed by atoms with Crippen LogP contribution >= 0.6 is 0 Å². The minimum atomic E-state index is -8.68. The van der Waals surface area contributed by atoms with Gasteiger partial charge < -0.3 is 14.3 Å². The van der Waals surface area contributed by atoms with Crippen LogP contribution in [0.5, 0.6) is 5.75 Å². The highest BCUT2D eigenvalue weighted by atomic mass is 28.4. The Hall–Kier alpha value is -3.12. The van der Waals surface area contributed by atoms with Crippen molar-refractivity contribution in [2.45, 2.75) is 125 Å². The van der Waals surface area contributed by atoms with Crippen molar-refractivity contribution >= 4 is 14.2 Å². The Kier molecular flexibility index (Phi) is 17.4.